The van der Waals surface area contributed by atoms with Crippen molar-refractivity contribution in [1.82, 2.24) is 9.38 Å². The van der Waals surface area contributed by atoms with E-state index in [1.54, 1.807) is 17.5 Å². The van der Waals surface area contributed by atoms with Crippen LogP contribution in [0.5, 0.6) is 5.75 Å². The van der Waals surface area contributed by atoms with Crippen LogP contribution in [0, 0.1) is 13.8 Å². The predicted octanol–water partition coefficient (Wildman–Crippen LogP) is 4.00. The second-order valence-electron chi connectivity index (χ2n) is 6.17. The van der Waals surface area contributed by atoms with Crippen LogP contribution < -0.4 is 4.74 Å². The molecule has 27 heavy (non-hydrogen) atoms. The maximum Gasteiger partial charge on any atom is 0.311 e. The Morgan fingerprint density at radius 2 is 1.93 bits per heavy atom. The minimum Gasteiger partial charge on any atom is -0.493 e. The minimum atomic E-state index is -0.285. The molecule has 0 aliphatic carbocycles. The van der Waals surface area contributed by atoms with Crippen molar-refractivity contribution in [1.29, 1.82) is 0 Å². The zero-order valence-electron chi connectivity index (χ0n) is 15.9. The minimum absolute atomic E-state index is 0.177. The van der Waals surface area contributed by atoms with Crippen LogP contribution in [-0.4, -0.2) is 34.9 Å². The molecule has 3 aromatic rings. The van der Waals surface area contributed by atoms with Crippen molar-refractivity contribution in [3.05, 3.63) is 40.0 Å². The van der Waals surface area contributed by atoms with Crippen LogP contribution >= 0.6 is 11.3 Å². The fourth-order valence-corrected chi connectivity index (χ4v) is 4.10. The molecular formula is C20H22N2O4S. The van der Waals surface area contributed by atoms with Crippen molar-refractivity contribution in [3.63, 3.8) is 0 Å². The van der Waals surface area contributed by atoms with Crippen LogP contribution in [-0.2, 0) is 16.0 Å². The lowest BCUT2D eigenvalue weighted by Gasteiger charge is -2.12. The molecule has 0 saturated heterocycles. The van der Waals surface area contributed by atoms with E-state index in [1.165, 1.54) is 11.3 Å². The summed E-state index contributed by atoms with van der Waals surface area (Å²) >= 11 is 1.38. The highest BCUT2D eigenvalue weighted by molar-refractivity contribution is 7.17. The Bertz CT molecular complexity index is 980. The van der Waals surface area contributed by atoms with Crippen molar-refractivity contribution in [3.8, 4) is 17.0 Å². The van der Waals surface area contributed by atoms with Gasteiger partial charge in [-0.05, 0) is 51.0 Å². The second kappa shape index (κ2) is 7.92. The summed E-state index contributed by atoms with van der Waals surface area (Å²) < 4.78 is 12.4. The number of rotatable bonds is 7. The van der Waals surface area contributed by atoms with Crippen molar-refractivity contribution in [2.75, 3.05) is 13.2 Å². The summed E-state index contributed by atoms with van der Waals surface area (Å²) in [6.45, 7) is 8.65. The lowest BCUT2D eigenvalue weighted by molar-refractivity contribution is -0.142. The summed E-state index contributed by atoms with van der Waals surface area (Å²) in [7, 11) is 0. The number of imidazole rings is 1. The molecular weight excluding hydrogens is 364 g/mol. The fourth-order valence-electron chi connectivity index (χ4n) is 3.13. The Labute approximate surface area is 161 Å². The van der Waals surface area contributed by atoms with Crippen LogP contribution in [0.3, 0.4) is 0 Å². The number of ether oxygens (including phenoxy) is 2. The van der Waals surface area contributed by atoms with E-state index in [0.29, 0.717) is 29.6 Å². The topological polar surface area (TPSA) is 69.9 Å². The molecule has 0 spiro atoms. The Kier molecular flexibility index (Phi) is 5.60. The molecule has 0 radical (unpaired) electrons. The summed E-state index contributed by atoms with van der Waals surface area (Å²) in [5.41, 5.74) is 3.98. The number of carbonyl (C=O) groups is 2. The molecule has 0 N–H and O–H groups in total. The quantitative estimate of drug-likeness (QED) is 0.453. The summed E-state index contributed by atoms with van der Waals surface area (Å²) in [5.74, 6) is 0.583. The molecule has 0 atom stereocenters. The van der Waals surface area contributed by atoms with E-state index in [0.717, 1.165) is 33.6 Å². The molecule has 142 valence electrons. The SMILES string of the molecule is CCOC(=O)Cc1cn2c(C=O)c(-c3cc(C)c(OCC)c(C)c3)nc2s1. The highest BCUT2D eigenvalue weighted by Crippen LogP contribution is 2.33. The highest BCUT2D eigenvalue weighted by Gasteiger charge is 2.19. The third-order valence-electron chi connectivity index (χ3n) is 4.17. The third kappa shape index (κ3) is 3.73. The molecule has 7 heteroatoms. The first-order valence-electron chi connectivity index (χ1n) is 8.84. The van der Waals surface area contributed by atoms with Gasteiger partial charge in [0.2, 0.25) is 0 Å². The van der Waals surface area contributed by atoms with Crippen molar-refractivity contribution < 1.29 is 19.1 Å². The van der Waals surface area contributed by atoms with Gasteiger partial charge in [0.1, 0.15) is 17.1 Å². The summed E-state index contributed by atoms with van der Waals surface area (Å²) in [6, 6.07) is 3.97. The van der Waals surface area contributed by atoms with Gasteiger partial charge in [-0.2, -0.15) is 0 Å². The largest absolute Gasteiger partial charge is 0.493 e. The van der Waals surface area contributed by atoms with Crippen molar-refractivity contribution in [2.24, 2.45) is 0 Å². The maximum atomic E-state index is 11.8. The standard InChI is InChI=1S/C20H22N2O4S/c1-5-25-17(24)9-15-10-22-16(11-23)18(21-20(22)27-15)14-7-12(3)19(26-6-2)13(4)8-14/h7-8,10-11H,5-6,9H2,1-4H3. The lowest BCUT2D eigenvalue weighted by Crippen LogP contribution is -2.06. The molecule has 0 aliphatic rings. The van der Waals surface area contributed by atoms with Gasteiger partial charge in [0.25, 0.3) is 0 Å². The van der Waals surface area contributed by atoms with Gasteiger partial charge in [-0.1, -0.05) is 0 Å². The van der Waals surface area contributed by atoms with Gasteiger partial charge < -0.3 is 9.47 Å². The first-order valence-corrected chi connectivity index (χ1v) is 9.66. The smallest absolute Gasteiger partial charge is 0.311 e. The number of thiazole rings is 1. The molecule has 0 unspecified atom stereocenters. The van der Waals surface area contributed by atoms with Gasteiger partial charge in [-0.3, -0.25) is 14.0 Å². The van der Waals surface area contributed by atoms with Crippen LogP contribution in [0.25, 0.3) is 16.2 Å². The highest BCUT2D eigenvalue weighted by atomic mass is 32.1. The number of aryl methyl sites for hydroxylation is 2. The third-order valence-corrected chi connectivity index (χ3v) is 5.15. The molecule has 6 nitrogen and oxygen atoms in total. The number of aldehydes is 1. The van der Waals surface area contributed by atoms with Gasteiger partial charge in [0.15, 0.2) is 11.2 Å². The molecule has 2 heterocycles. The van der Waals surface area contributed by atoms with E-state index in [9.17, 15) is 9.59 Å². The van der Waals surface area contributed by atoms with Gasteiger partial charge in [0, 0.05) is 16.6 Å². The Balaban J connectivity index is 2.02. The van der Waals surface area contributed by atoms with Crippen LogP contribution in [0.2, 0.25) is 0 Å². The average molecular weight is 386 g/mol. The summed E-state index contributed by atoms with van der Waals surface area (Å²) in [5, 5.41) is 0. The van der Waals surface area contributed by atoms with E-state index in [4.69, 9.17) is 9.47 Å². The van der Waals surface area contributed by atoms with E-state index in [2.05, 4.69) is 4.98 Å². The zero-order valence-corrected chi connectivity index (χ0v) is 16.7. The average Bonchev–Trinajstić information content (AvgIpc) is 3.14. The van der Waals surface area contributed by atoms with E-state index in [-0.39, 0.29) is 12.4 Å². The van der Waals surface area contributed by atoms with Crippen LogP contribution in [0.1, 0.15) is 40.3 Å². The predicted molar refractivity (Wildman–Crippen MR) is 105 cm³/mol. The second-order valence-corrected chi connectivity index (χ2v) is 7.26. The monoisotopic (exact) mass is 386 g/mol. The number of aromatic nitrogens is 2. The molecule has 2 aromatic heterocycles. The number of nitrogens with zero attached hydrogens (tertiary/aromatic N) is 2. The van der Waals surface area contributed by atoms with E-state index < -0.39 is 0 Å². The molecule has 1 aromatic carbocycles. The number of carbonyl (C=O) groups excluding carboxylic acids is 2. The molecule has 0 fully saturated rings. The molecule has 0 aliphatic heterocycles. The number of benzene rings is 1. The number of hydrogen-bond donors (Lipinski definition) is 0. The van der Waals surface area contributed by atoms with E-state index in [1.807, 2.05) is 32.9 Å². The summed E-state index contributed by atoms with van der Waals surface area (Å²) in [6.07, 6.45) is 2.76. The Morgan fingerprint density at radius 3 is 2.52 bits per heavy atom. The number of fused-ring (bicyclic) bond motifs is 1. The van der Waals surface area contributed by atoms with Gasteiger partial charge in [-0.25, -0.2) is 4.98 Å². The van der Waals surface area contributed by atoms with Gasteiger partial charge >= 0.3 is 5.97 Å². The maximum absolute atomic E-state index is 11.8. The summed E-state index contributed by atoms with van der Waals surface area (Å²) in [4.78, 5) is 29.6. The van der Waals surface area contributed by atoms with Crippen molar-refractivity contribution in [2.45, 2.75) is 34.1 Å². The van der Waals surface area contributed by atoms with E-state index >= 15 is 0 Å². The zero-order chi connectivity index (χ0) is 19.6. The molecule has 0 bridgehead atoms. The van der Waals surface area contributed by atoms with Crippen LogP contribution in [0.4, 0.5) is 0 Å². The van der Waals surface area contributed by atoms with Crippen molar-refractivity contribution >= 4 is 28.6 Å². The first-order chi connectivity index (χ1) is 13.0. The fraction of sp³-hybridized carbons (Fsp3) is 0.350. The Hall–Kier alpha value is -2.67. The lowest BCUT2D eigenvalue weighted by atomic mass is 10.0. The molecule has 3 rings (SSSR count). The van der Waals surface area contributed by atoms with Gasteiger partial charge in [0.05, 0.1) is 19.6 Å². The molecule has 0 amide bonds. The number of esters is 1. The molecule has 0 saturated carbocycles. The van der Waals surface area contributed by atoms with Gasteiger partial charge in [-0.15, -0.1) is 11.3 Å². The first kappa shape index (κ1) is 19.1. The number of hydrogen-bond acceptors (Lipinski definition) is 6. The normalized spacial score (nSPS) is 11.0. The van der Waals surface area contributed by atoms with Crippen LogP contribution in [0.15, 0.2) is 18.3 Å². The Morgan fingerprint density at radius 1 is 1.22 bits per heavy atom.